The van der Waals surface area contributed by atoms with Crippen molar-refractivity contribution in [2.24, 2.45) is 0 Å². The number of benzene rings is 1. The molecular weight excluding hydrogens is 324 g/mol. The molecule has 5 nitrogen and oxygen atoms in total. The van der Waals surface area contributed by atoms with Gasteiger partial charge >= 0.3 is 0 Å². The Morgan fingerprint density at radius 3 is 2.91 bits per heavy atom. The third-order valence-electron chi connectivity index (χ3n) is 3.14. The Hall–Kier alpha value is -2.31. The first-order valence-corrected chi connectivity index (χ1v) is 7.18. The minimum Gasteiger partial charge on any atom is -0.506 e. The molecule has 1 aromatic carbocycles. The summed E-state index contributed by atoms with van der Waals surface area (Å²) in [5, 5.41) is 12.8. The predicted octanol–water partition coefficient (Wildman–Crippen LogP) is 2.90. The molecule has 112 valence electrons. The molecule has 2 heterocycles. The third-order valence-corrected chi connectivity index (χ3v) is 3.76. The summed E-state index contributed by atoms with van der Waals surface area (Å²) in [6, 6.07) is 8.21. The van der Waals surface area contributed by atoms with Crippen LogP contribution < -0.4 is 5.32 Å². The number of phenolic OH excluding ortho intramolecular Hbond substituents is 1. The fraction of sp³-hybridized carbons (Fsp3) is 0.0667. The van der Waals surface area contributed by atoms with E-state index in [4.69, 9.17) is 28.2 Å². The number of furan rings is 1. The van der Waals surface area contributed by atoms with Gasteiger partial charge in [-0.25, -0.2) is 0 Å². The number of nitrogens with zero attached hydrogens (tertiary/aromatic N) is 1. The highest BCUT2D eigenvalue weighted by atomic mass is 35.5. The largest absolute Gasteiger partial charge is 0.506 e. The number of aromatic hydroxyl groups is 1. The number of carbonyl (C=O) groups is 1. The van der Waals surface area contributed by atoms with Gasteiger partial charge in [-0.05, 0) is 48.1 Å². The number of amides is 1. The van der Waals surface area contributed by atoms with Gasteiger partial charge in [0.25, 0.3) is 5.91 Å². The van der Waals surface area contributed by atoms with Gasteiger partial charge < -0.3 is 14.8 Å². The van der Waals surface area contributed by atoms with E-state index >= 15 is 0 Å². The van der Waals surface area contributed by atoms with Gasteiger partial charge in [0.05, 0.1) is 17.8 Å². The van der Waals surface area contributed by atoms with Gasteiger partial charge in [0.1, 0.15) is 17.2 Å². The highest BCUT2D eigenvalue weighted by molar-refractivity contribution is 7.80. The average Bonchev–Trinajstić information content (AvgIpc) is 3.08. The molecule has 0 spiro atoms. The number of hydrogen-bond donors (Lipinski definition) is 2. The van der Waals surface area contributed by atoms with Gasteiger partial charge in [0, 0.05) is 0 Å². The van der Waals surface area contributed by atoms with E-state index in [1.165, 1.54) is 11.0 Å². The minimum absolute atomic E-state index is 0.00973. The highest BCUT2D eigenvalue weighted by Gasteiger charge is 2.31. The van der Waals surface area contributed by atoms with Gasteiger partial charge in [-0.3, -0.25) is 9.69 Å². The molecule has 3 rings (SSSR count). The van der Waals surface area contributed by atoms with Crippen molar-refractivity contribution < 1.29 is 14.3 Å². The first-order chi connectivity index (χ1) is 10.5. The molecule has 0 bridgehead atoms. The molecule has 0 aliphatic carbocycles. The van der Waals surface area contributed by atoms with Crippen molar-refractivity contribution >= 4 is 40.9 Å². The summed E-state index contributed by atoms with van der Waals surface area (Å²) in [6.07, 6.45) is 3.17. The molecule has 22 heavy (non-hydrogen) atoms. The lowest BCUT2D eigenvalue weighted by Gasteiger charge is -2.11. The average molecular weight is 335 g/mol. The maximum Gasteiger partial charge on any atom is 0.276 e. The lowest BCUT2D eigenvalue weighted by atomic mass is 10.2. The Morgan fingerprint density at radius 2 is 2.23 bits per heavy atom. The summed E-state index contributed by atoms with van der Waals surface area (Å²) in [7, 11) is 0. The predicted molar refractivity (Wildman–Crippen MR) is 86.1 cm³/mol. The molecule has 0 unspecified atom stereocenters. The first kappa shape index (κ1) is 14.6. The van der Waals surface area contributed by atoms with E-state index in [0.29, 0.717) is 22.1 Å². The van der Waals surface area contributed by atoms with Crippen LogP contribution in [0.25, 0.3) is 6.08 Å². The standard InChI is InChI=1S/C15H11ClN2O3S/c16-11-6-9(3-4-13(11)19)7-12-14(20)18(15(22)17-12)8-10-2-1-5-21-10/h1-7,19H,8H2,(H,17,22)/b12-7+. The van der Waals surface area contributed by atoms with Crippen LogP contribution in [0.4, 0.5) is 0 Å². The van der Waals surface area contributed by atoms with E-state index in [2.05, 4.69) is 5.32 Å². The summed E-state index contributed by atoms with van der Waals surface area (Å²) in [4.78, 5) is 13.8. The lowest BCUT2D eigenvalue weighted by molar-refractivity contribution is -0.122. The molecule has 0 saturated carbocycles. The fourth-order valence-electron chi connectivity index (χ4n) is 2.05. The zero-order valence-electron chi connectivity index (χ0n) is 11.2. The van der Waals surface area contributed by atoms with Crippen LogP contribution in [0.1, 0.15) is 11.3 Å². The zero-order chi connectivity index (χ0) is 15.7. The van der Waals surface area contributed by atoms with Crippen molar-refractivity contribution in [3.63, 3.8) is 0 Å². The maximum atomic E-state index is 12.4. The zero-order valence-corrected chi connectivity index (χ0v) is 12.8. The Bertz CT molecular complexity index is 771. The monoisotopic (exact) mass is 334 g/mol. The topological polar surface area (TPSA) is 65.7 Å². The molecule has 1 aliphatic heterocycles. The van der Waals surface area contributed by atoms with Crippen LogP contribution in [0, 0.1) is 0 Å². The van der Waals surface area contributed by atoms with E-state index in [1.807, 2.05) is 0 Å². The fourth-order valence-corrected chi connectivity index (χ4v) is 2.50. The smallest absolute Gasteiger partial charge is 0.276 e. The molecule has 1 aliphatic rings. The molecule has 1 amide bonds. The van der Waals surface area contributed by atoms with E-state index in [0.717, 1.165) is 0 Å². The second-order valence-corrected chi connectivity index (χ2v) is 5.46. The number of hydrogen-bond acceptors (Lipinski definition) is 4. The Kier molecular flexibility index (Phi) is 3.87. The normalized spacial score (nSPS) is 16.4. The SMILES string of the molecule is O=C1/C(=C\c2ccc(O)c(Cl)c2)NC(=S)N1Cc1ccco1. The van der Waals surface area contributed by atoms with Crippen molar-refractivity contribution in [1.29, 1.82) is 0 Å². The van der Waals surface area contributed by atoms with Gasteiger partial charge in [-0.1, -0.05) is 17.7 Å². The molecule has 0 radical (unpaired) electrons. The summed E-state index contributed by atoms with van der Waals surface area (Å²) < 4.78 is 5.23. The Labute approximate surface area is 136 Å². The third kappa shape index (κ3) is 2.84. The van der Waals surface area contributed by atoms with Gasteiger partial charge in [-0.2, -0.15) is 0 Å². The minimum atomic E-state index is -0.245. The molecule has 1 saturated heterocycles. The summed E-state index contributed by atoms with van der Waals surface area (Å²) >= 11 is 11.0. The Balaban J connectivity index is 1.83. The number of rotatable bonds is 3. The number of phenols is 1. The molecule has 0 atom stereocenters. The number of thiocarbonyl (C=S) groups is 1. The molecule has 7 heteroatoms. The number of halogens is 1. The van der Waals surface area contributed by atoms with Gasteiger partial charge in [0.15, 0.2) is 5.11 Å². The molecule has 1 aromatic heterocycles. The lowest BCUT2D eigenvalue weighted by Crippen LogP contribution is -2.29. The van der Waals surface area contributed by atoms with Crippen LogP contribution in [0.2, 0.25) is 5.02 Å². The quantitative estimate of drug-likeness (QED) is 0.667. The van der Waals surface area contributed by atoms with Crippen molar-refractivity contribution in [3.05, 3.63) is 58.6 Å². The van der Waals surface area contributed by atoms with E-state index < -0.39 is 0 Å². The molecular formula is C15H11ClN2O3S. The van der Waals surface area contributed by atoms with Crippen LogP contribution >= 0.6 is 23.8 Å². The highest BCUT2D eigenvalue weighted by Crippen LogP contribution is 2.25. The van der Waals surface area contributed by atoms with E-state index in [-0.39, 0.29) is 23.2 Å². The van der Waals surface area contributed by atoms with Crippen LogP contribution in [0.5, 0.6) is 5.75 Å². The van der Waals surface area contributed by atoms with Crippen LogP contribution in [0.15, 0.2) is 46.7 Å². The number of carbonyl (C=O) groups excluding carboxylic acids is 1. The summed E-state index contributed by atoms with van der Waals surface area (Å²) in [6.45, 7) is 0.269. The van der Waals surface area contributed by atoms with Gasteiger partial charge in [0.2, 0.25) is 0 Å². The van der Waals surface area contributed by atoms with Crippen molar-refractivity contribution in [1.82, 2.24) is 10.2 Å². The van der Waals surface area contributed by atoms with Gasteiger partial charge in [-0.15, -0.1) is 0 Å². The Morgan fingerprint density at radius 1 is 1.41 bits per heavy atom. The van der Waals surface area contributed by atoms with Crippen LogP contribution in [-0.2, 0) is 11.3 Å². The van der Waals surface area contributed by atoms with Crippen molar-refractivity contribution in [3.8, 4) is 5.75 Å². The second kappa shape index (κ2) is 5.82. The summed E-state index contributed by atoms with van der Waals surface area (Å²) in [5.74, 6) is 0.390. The first-order valence-electron chi connectivity index (χ1n) is 6.40. The van der Waals surface area contributed by atoms with E-state index in [1.54, 1.807) is 36.6 Å². The summed E-state index contributed by atoms with van der Waals surface area (Å²) in [5.41, 5.74) is 1.03. The second-order valence-electron chi connectivity index (χ2n) is 4.67. The molecule has 1 fully saturated rings. The van der Waals surface area contributed by atoms with Crippen LogP contribution in [0.3, 0.4) is 0 Å². The maximum absolute atomic E-state index is 12.4. The number of nitrogens with one attached hydrogen (secondary N) is 1. The van der Waals surface area contributed by atoms with E-state index in [9.17, 15) is 9.90 Å². The molecule has 2 N–H and O–H groups in total. The van der Waals surface area contributed by atoms with Crippen LogP contribution in [-0.4, -0.2) is 21.0 Å². The van der Waals surface area contributed by atoms with Crippen molar-refractivity contribution in [2.45, 2.75) is 6.54 Å². The van der Waals surface area contributed by atoms with Crippen molar-refractivity contribution in [2.75, 3.05) is 0 Å². The molecule has 2 aromatic rings.